The monoisotopic (exact) mass is 303 g/mol. The first kappa shape index (κ1) is 15.1. The lowest BCUT2D eigenvalue weighted by Gasteiger charge is -2.08. The number of rotatable bonds is 5. The molecule has 1 N–H and O–H groups in total. The molecule has 5 heteroatoms. The van der Waals surface area contributed by atoms with Gasteiger partial charge in [-0.05, 0) is 49.4 Å². The number of halogens is 1. The number of carbonyl (C=O) groups excluding carboxylic acids is 2. The minimum absolute atomic E-state index is 0.0165. The summed E-state index contributed by atoms with van der Waals surface area (Å²) in [4.78, 5) is 22.9. The summed E-state index contributed by atoms with van der Waals surface area (Å²) in [5, 5.41) is 3.23. The third-order valence-corrected chi connectivity index (χ3v) is 2.98. The van der Waals surface area contributed by atoms with Crippen molar-refractivity contribution in [2.45, 2.75) is 6.92 Å². The standard InChI is InChI=1S/C16H14ClNO3/c1-11(19)12-5-7-14(8-6-12)18-16(20)10-21-15-4-2-3-13(17)9-15/h2-9H,10H2,1H3,(H,18,20). The van der Waals surface area contributed by atoms with Crippen LogP contribution in [-0.2, 0) is 4.79 Å². The lowest BCUT2D eigenvalue weighted by molar-refractivity contribution is -0.118. The normalized spacial score (nSPS) is 10.0. The molecule has 4 nitrogen and oxygen atoms in total. The number of benzene rings is 2. The number of hydrogen-bond donors (Lipinski definition) is 1. The minimum atomic E-state index is -0.287. The van der Waals surface area contributed by atoms with Crippen molar-refractivity contribution in [3.05, 3.63) is 59.1 Å². The van der Waals surface area contributed by atoms with E-state index in [4.69, 9.17) is 16.3 Å². The van der Waals surface area contributed by atoms with Crippen molar-refractivity contribution >= 4 is 29.0 Å². The molecule has 0 saturated carbocycles. The Morgan fingerprint density at radius 2 is 1.86 bits per heavy atom. The Morgan fingerprint density at radius 1 is 1.14 bits per heavy atom. The van der Waals surface area contributed by atoms with Crippen molar-refractivity contribution in [3.8, 4) is 5.75 Å². The predicted octanol–water partition coefficient (Wildman–Crippen LogP) is 3.56. The van der Waals surface area contributed by atoms with Gasteiger partial charge in [0.1, 0.15) is 5.75 Å². The molecule has 0 aliphatic carbocycles. The van der Waals surface area contributed by atoms with E-state index in [1.807, 2.05) is 0 Å². The van der Waals surface area contributed by atoms with Gasteiger partial charge in [0.2, 0.25) is 0 Å². The minimum Gasteiger partial charge on any atom is -0.484 e. The second-order valence-electron chi connectivity index (χ2n) is 4.43. The van der Waals surface area contributed by atoms with Crippen LogP contribution in [0, 0.1) is 0 Å². The zero-order valence-corrected chi connectivity index (χ0v) is 12.2. The molecule has 2 aromatic carbocycles. The van der Waals surface area contributed by atoms with Gasteiger partial charge in [0.05, 0.1) is 0 Å². The van der Waals surface area contributed by atoms with Gasteiger partial charge in [-0.3, -0.25) is 9.59 Å². The largest absolute Gasteiger partial charge is 0.484 e. The van der Waals surface area contributed by atoms with Gasteiger partial charge in [-0.2, -0.15) is 0 Å². The molecule has 0 bridgehead atoms. The van der Waals surface area contributed by atoms with Gasteiger partial charge in [0.25, 0.3) is 5.91 Å². The van der Waals surface area contributed by atoms with Gasteiger partial charge >= 0.3 is 0 Å². The van der Waals surface area contributed by atoms with Crippen molar-refractivity contribution in [3.63, 3.8) is 0 Å². The zero-order chi connectivity index (χ0) is 15.2. The van der Waals surface area contributed by atoms with Crippen LogP contribution in [0.2, 0.25) is 5.02 Å². The topological polar surface area (TPSA) is 55.4 Å². The molecule has 0 atom stereocenters. The second kappa shape index (κ2) is 6.90. The fourth-order valence-electron chi connectivity index (χ4n) is 1.69. The number of ether oxygens (including phenoxy) is 1. The highest BCUT2D eigenvalue weighted by Gasteiger charge is 2.05. The van der Waals surface area contributed by atoms with Crippen molar-refractivity contribution in [2.24, 2.45) is 0 Å². The molecule has 0 unspecified atom stereocenters. The Morgan fingerprint density at radius 3 is 2.48 bits per heavy atom. The second-order valence-corrected chi connectivity index (χ2v) is 4.86. The number of ketones is 1. The Bertz CT molecular complexity index is 653. The molecule has 0 aliphatic rings. The summed E-state index contributed by atoms with van der Waals surface area (Å²) in [5.41, 5.74) is 1.21. The van der Waals surface area contributed by atoms with Crippen LogP contribution >= 0.6 is 11.6 Å². The molecule has 2 rings (SSSR count). The molecule has 0 aliphatic heterocycles. The predicted molar refractivity (Wildman–Crippen MR) is 82.0 cm³/mol. The number of carbonyl (C=O) groups is 2. The highest BCUT2D eigenvalue weighted by Crippen LogP contribution is 2.17. The van der Waals surface area contributed by atoms with E-state index in [0.717, 1.165) is 0 Å². The SMILES string of the molecule is CC(=O)c1ccc(NC(=O)COc2cccc(Cl)c2)cc1. The van der Waals surface area contributed by atoms with Gasteiger partial charge in [-0.15, -0.1) is 0 Å². The van der Waals surface area contributed by atoms with Crippen molar-refractivity contribution in [1.82, 2.24) is 0 Å². The number of anilines is 1. The van der Waals surface area contributed by atoms with E-state index in [1.54, 1.807) is 48.5 Å². The van der Waals surface area contributed by atoms with Crippen molar-refractivity contribution < 1.29 is 14.3 Å². The number of Topliss-reactive ketones (excluding diaryl/α,β-unsaturated/α-hetero) is 1. The maximum absolute atomic E-state index is 11.8. The van der Waals surface area contributed by atoms with E-state index in [9.17, 15) is 9.59 Å². The molecule has 0 heterocycles. The molecule has 0 fully saturated rings. The molecule has 0 radical (unpaired) electrons. The molecule has 0 aromatic heterocycles. The summed E-state index contributed by atoms with van der Waals surface area (Å²) in [6, 6.07) is 13.5. The van der Waals surface area contributed by atoms with Gasteiger partial charge in [0, 0.05) is 16.3 Å². The Hall–Kier alpha value is -2.33. The first-order chi connectivity index (χ1) is 10.0. The molecule has 2 aromatic rings. The van der Waals surface area contributed by atoms with Crippen LogP contribution < -0.4 is 10.1 Å². The van der Waals surface area contributed by atoms with E-state index in [1.165, 1.54) is 6.92 Å². The lowest BCUT2D eigenvalue weighted by atomic mass is 10.1. The molecule has 0 spiro atoms. The summed E-state index contributed by atoms with van der Waals surface area (Å²) in [6.07, 6.45) is 0. The lowest BCUT2D eigenvalue weighted by Crippen LogP contribution is -2.20. The van der Waals surface area contributed by atoms with E-state index in [2.05, 4.69) is 5.32 Å². The summed E-state index contributed by atoms with van der Waals surface area (Å²) in [7, 11) is 0. The fraction of sp³-hybridized carbons (Fsp3) is 0.125. The Balaban J connectivity index is 1.88. The van der Waals surface area contributed by atoms with Gasteiger partial charge in [0.15, 0.2) is 12.4 Å². The van der Waals surface area contributed by atoms with Crippen LogP contribution in [0.5, 0.6) is 5.75 Å². The van der Waals surface area contributed by atoms with Crippen molar-refractivity contribution in [2.75, 3.05) is 11.9 Å². The van der Waals surface area contributed by atoms with Crippen LogP contribution in [0.4, 0.5) is 5.69 Å². The van der Waals surface area contributed by atoms with E-state index in [0.29, 0.717) is 22.0 Å². The quantitative estimate of drug-likeness (QED) is 0.859. The molecule has 1 amide bonds. The summed E-state index contributed by atoms with van der Waals surface area (Å²) >= 11 is 5.82. The van der Waals surface area contributed by atoms with Gasteiger partial charge in [-0.25, -0.2) is 0 Å². The highest BCUT2D eigenvalue weighted by molar-refractivity contribution is 6.30. The Labute approximate surface area is 127 Å². The molecule has 108 valence electrons. The molecular formula is C16H14ClNO3. The van der Waals surface area contributed by atoms with E-state index >= 15 is 0 Å². The first-order valence-electron chi connectivity index (χ1n) is 6.34. The average Bonchev–Trinajstić information content (AvgIpc) is 2.46. The first-order valence-corrected chi connectivity index (χ1v) is 6.71. The van der Waals surface area contributed by atoms with Crippen LogP contribution in [0.3, 0.4) is 0 Å². The Kier molecular flexibility index (Phi) is 4.95. The zero-order valence-electron chi connectivity index (χ0n) is 11.4. The molecule has 0 saturated heterocycles. The van der Waals surface area contributed by atoms with Gasteiger partial charge < -0.3 is 10.1 Å². The fourth-order valence-corrected chi connectivity index (χ4v) is 1.87. The van der Waals surface area contributed by atoms with Crippen LogP contribution in [0.25, 0.3) is 0 Å². The van der Waals surface area contributed by atoms with E-state index in [-0.39, 0.29) is 18.3 Å². The van der Waals surface area contributed by atoms with Crippen LogP contribution in [-0.4, -0.2) is 18.3 Å². The highest BCUT2D eigenvalue weighted by atomic mass is 35.5. The summed E-state index contributed by atoms with van der Waals surface area (Å²) in [6.45, 7) is 1.38. The van der Waals surface area contributed by atoms with E-state index < -0.39 is 0 Å². The smallest absolute Gasteiger partial charge is 0.262 e. The maximum atomic E-state index is 11.8. The molecular weight excluding hydrogens is 290 g/mol. The van der Waals surface area contributed by atoms with Crippen LogP contribution in [0.1, 0.15) is 17.3 Å². The summed E-state index contributed by atoms with van der Waals surface area (Å²) in [5.74, 6) is 0.229. The third-order valence-electron chi connectivity index (χ3n) is 2.74. The number of amides is 1. The van der Waals surface area contributed by atoms with Crippen LogP contribution in [0.15, 0.2) is 48.5 Å². The third kappa shape index (κ3) is 4.61. The number of nitrogens with one attached hydrogen (secondary N) is 1. The number of hydrogen-bond acceptors (Lipinski definition) is 3. The van der Waals surface area contributed by atoms with Crippen molar-refractivity contribution in [1.29, 1.82) is 0 Å². The van der Waals surface area contributed by atoms with Gasteiger partial charge in [-0.1, -0.05) is 17.7 Å². The average molecular weight is 304 g/mol. The maximum Gasteiger partial charge on any atom is 0.262 e. The molecule has 21 heavy (non-hydrogen) atoms. The summed E-state index contributed by atoms with van der Waals surface area (Å²) < 4.78 is 5.33.